The second-order valence-corrected chi connectivity index (χ2v) is 9.77. The maximum absolute atomic E-state index is 13.1. The van der Waals surface area contributed by atoms with Gasteiger partial charge in [0.05, 0.1) is 5.41 Å². The monoisotopic (exact) mass is 450 g/mol. The van der Waals surface area contributed by atoms with E-state index < -0.39 is 23.0 Å². The van der Waals surface area contributed by atoms with Gasteiger partial charge < -0.3 is 20.1 Å². The van der Waals surface area contributed by atoms with Gasteiger partial charge in [-0.05, 0) is 55.9 Å². The molecule has 2 amide bonds. The van der Waals surface area contributed by atoms with Crippen LogP contribution >= 0.6 is 0 Å². The lowest BCUT2D eigenvalue weighted by atomic mass is 9.81. The van der Waals surface area contributed by atoms with Crippen LogP contribution in [-0.2, 0) is 14.3 Å². The van der Waals surface area contributed by atoms with Gasteiger partial charge in [-0.1, -0.05) is 48.5 Å². The second-order valence-electron chi connectivity index (χ2n) is 9.77. The summed E-state index contributed by atoms with van der Waals surface area (Å²) >= 11 is 0. The van der Waals surface area contributed by atoms with Crippen LogP contribution in [0.4, 0.5) is 4.79 Å². The van der Waals surface area contributed by atoms with Gasteiger partial charge >= 0.3 is 12.1 Å². The first-order valence-electron chi connectivity index (χ1n) is 11.3. The smallest absolute Gasteiger partial charge is 0.408 e. The largest absolute Gasteiger partial charge is 0.481 e. The number of nitrogens with one attached hydrogen (secondary N) is 1. The van der Waals surface area contributed by atoms with Crippen LogP contribution in [0.25, 0.3) is 11.1 Å². The Labute approximate surface area is 193 Å². The number of ether oxygens (including phenoxy) is 1. The Morgan fingerprint density at radius 1 is 1.09 bits per heavy atom. The highest BCUT2D eigenvalue weighted by Gasteiger charge is 2.43. The summed E-state index contributed by atoms with van der Waals surface area (Å²) in [7, 11) is 0. The van der Waals surface area contributed by atoms with Crippen molar-refractivity contribution in [1.82, 2.24) is 10.2 Å². The molecule has 1 aliphatic heterocycles. The number of carbonyl (C=O) groups is 3. The number of amides is 2. The van der Waals surface area contributed by atoms with Crippen LogP contribution in [0.1, 0.15) is 50.7 Å². The molecular formula is C26H30N2O5. The number of likely N-dealkylation sites (tertiary alicyclic amines) is 1. The zero-order chi connectivity index (χ0) is 23.8. The van der Waals surface area contributed by atoms with Gasteiger partial charge in [-0.15, -0.1) is 0 Å². The van der Waals surface area contributed by atoms with Crippen LogP contribution in [0.3, 0.4) is 0 Å². The van der Waals surface area contributed by atoms with Crippen LogP contribution in [0.2, 0.25) is 0 Å². The predicted octanol–water partition coefficient (Wildman–Crippen LogP) is 4.02. The first kappa shape index (κ1) is 22.8. The zero-order valence-corrected chi connectivity index (χ0v) is 19.3. The molecule has 4 rings (SSSR count). The topological polar surface area (TPSA) is 95.9 Å². The SMILES string of the molecule is CC1(C(=O)O)CCCN(C(=O)C(C)(C)NC(=O)OCC2c3ccccc3-c3ccccc32)C1. The summed E-state index contributed by atoms with van der Waals surface area (Å²) in [6.07, 6.45) is 0.454. The molecule has 7 heteroatoms. The number of carboxylic acids is 1. The molecule has 1 atom stereocenters. The molecule has 1 fully saturated rings. The molecule has 33 heavy (non-hydrogen) atoms. The quantitative estimate of drug-likeness (QED) is 0.717. The molecule has 0 saturated carbocycles. The molecule has 0 aromatic heterocycles. The van der Waals surface area contributed by atoms with E-state index in [0.717, 1.165) is 22.3 Å². The van der Waals surface area contributed by atoms with Gasteiger partial charge in [0.15, 0.2) is 0 Å². The zero-order valence-electron chi connectivity index (χ0n) is 19.3. The molecule has 1 heterocycles. The molecule has 0 radical (unpaired) electrons. The minimum absolute atomic E-state index is 0.0691. The van der Waals surface area contributed by atoms with Gasteiger partial charge in [0.2, 0.25) is 5.91 Å². The summed E-state index contributed by atoms with van der Waals surface area (Å²) < 4.78 is 5.58. The predicted molar refractivity (Wildman–Crippen MR) is 124 cm³/mol. The third-order valence-electron chi connectivity index (χ3n) is 6.79. The van der Waals surface area contributed by atoms with Gasteiger partial charge in [0, 0.05) is 19.0 Å². The number of alkyl carbamates (subject to hydrolysis) is 1. The standard InChI is InChI=1S/C26H30N2O5/c1-25(2,22(29)28-14-8-13-26(3,16-28)23(30)31)27-24(32)33-15-21-19-11-6-4-9-17(19)18-10-5-7-12-20(18)21/h4-7,9-12,21H,8,13-16H2,1-3H3,(H,27,32)(H,30,31). The van der Waals surface area contributed by atoms with Gasteiger partial charge in [-0.3, -0.25) is 9.59 Å². The normalized spacial score (nSPS) is 20.0. The highest BCUT2D eigenvalue weighted by Crippen LogP contribution is 2.44. The summed E-state index contributed by atoms with van der Waals surface area (Å²) in [5.74, 6) is -1.30. The number of hydrogen-bond donors (Lipinski definition) is 2. The van der Waals surface area contributed by atoms with Crippen LogP contribution in [0.15, 0.2) is 48.5 Å². The Hall–Kier alpha value is -3.35. The summed E-state index contributed by atoms with van der Waals surface area (Å²) in [5, 5.41) is 12.2. The average molecular weight is 451 g/mol. The maximum Gasteiger partial charge on any atom is 0.408 e. The molecule has 0 spiro atoms. The maximum atomic E-state index is 13.1. The minimum atomic E-state index is -1.22. The van der Waals surface area contributed by atoms with Crippen molar-refractivity contribution in [3.05, 3.63) is 59.7 Å². The highest BCUT2D eigenvalue weighted by molar-refractivity contribution is 5.90. The molecule has 2 aliphatic rings. The molecule has 174 valence electrons. The first-order chi connectivity index (χ1) is 15.6. The number of nitrogens with zero attached hydrogens (tertiary/aromatic N) is 1. The summed E-state index contributed by atoms with van der Waals surface area (Å²) in [6.45, 7) is 5.63. The molecule has 2 N–H and O–H groups in total. The van der Waals surface area contributed by atoms with Gasteiger partial charge in [-0.25, -0.2) is 4.79 Å². The van der Waals surface area contributed by atoms with Crippen molar-refractivity contribution < 1.29 is 24.2 Å². The molecule has 1 aliphatic carbocycles. The van der Waals surface area contributed by atoms with Crippen LogP contribution < -0.4 is 5.32 Å². The van der Waals surface area contributed by atoms with Gasteiger partial charge in [-0.2, -0.15) is 0 Å². The Morgan fingerprint density at radius 2 is 1.67 bits per heavy atom. The van der Waals surface area contributed by atoms with Gasteiger partial charge in [0.25, 0.3) is 0 Å². The second kappa shape index (κ2) is 8.54. The van der Waals surface area contributed by atoms with Crippen molar-refractivity contribution in [2.24, 2.45) is 5.41 Å². The van der Waals surface area contributed by atoms with Crippen molar-refractivity contribution >= 4 is 18.0 Å². The van der Waals surface area contributed by atoms with Crippen molar-refractivity contribution in [3.8, 4) is 11.1 Å². The Morgan fingerprint density at radius 3 is 2.24 bits per heavy atom. The van der Waals surface area contributed by atoms with Crippen molar-refractivity contribution in [2.75, 3.05) is 19.7 Å². The molecule has 1 unspecified atom stereocenters. The van der Waals surface area contributed by atoms with E-state index in [1.165, 1.54) is 4.90 Å². The molecule has 7 nitrogen and oxygen atoms in total. The van der Waals surface area contributed by atoms with Crippen molar-refractivity contribution in [3.63, 3.8) is 0 Å². The molecule has 0 bridgehead atoms. The number of carbonyl (C=O) groups excluding carboxylic acids is 2. The fourth-order valence-electron chi connectivity index (χ4n) is 4.93. The fourth-order valence-corrected chi connectivity index (χ4v) is 4.93. The molecule has 1 saturated heterocycles. The Balaban J connectivity index is 1.41. The Kier molecular flexibility index (Phi) is 5.91. The lowest BCUT2D eigenvalue weighted by Crippen LogP contribution is -2.59. The number of piperidine rings is 1. The fraction of sp³-hybridized carbons (Fsp3) is 0.423. The third kappa shape index (κ3) is 4.32. The van der Waals surface area contributed by atoms with Crippen molar-refractivity contribution in [2.45, 2.75) is 45.1 Å². The van der Waals surface area contributed by atoms with E-state index in [1.807, 2.05) is 36.4 Å². The van der Waals surface area contributed by atoms with Crippen LogP contribution in [0, 0.1) is 5.41 Å². The lowest BCUT2D eigenvalue weighted by Gasteiger charge is -2.40. The van der Waals surface area contributed by atoms with E-state index in [1.54, 1.807) is 20.8 Å². The van der Waals surface area contributed by atoms with E-state index in [2.05, 4.69) is 17.4 Å². The van der Waals surface area contributed by atoms with Crippen molar-refractivity contribution in [1.29, 1.82) is 0 Å². The van der Waals surface area contributed by atoms with Crippen LogP contribution in [-0.4, -0.2) is 53.2 Å². The number of carboxylic acid groups (broad SMARTS) is 1. The first-order valence-corrected chi connectivity index (χ1v) is 11.3. The average Bonchev–Trinajstić information content (AvgIpc) is 3.10. The van der Waals surface area contributed by atoms with E-state index in [9.17, 15) is 19.5 Å². The number of rotatable bonds is 5. The molecule has 2 aromatic rings. The number of aliphatic carboxylic acids is 1. The number of hydrogen-bond acceptors (Lipinski definition) is 4. The van der Waals surface area contributed by atoms with E-state index in [-0.39, 0.29) is 25.0 Å². The summed E-state index contributed by atoms with van der Waals surface area (Å²) in [5.41, 5.74) is 2.31. The van der Waals surface area contributed by atoms with E-state index >= 15 is 0 Å². The Bertz CT molecular complexity index is 1050. The molecular weight excluding hydrogens is 420 g/mol. The minimum Gasteiger partial charge on any atom is -0.481 e. The summed E-state index contributed by atoms with van der Waals surface area (Å²) in [6, 6.07) is 16.2. The number of fused-ring (bicyclic) bond motifs is 3. The van der Waals surface area contributed by atoms with E-state index in [0.29, 0.717) is 19.4 Å². The number of benzene rings is 2. The van der Waals surface area contributed by atoms with Gasteiger partial charge in [0.1, 0.15) is 12.1 Å². The van der Waals surface area contributed by atoms with E-state index in [4.69, 9.17) is 4.74 Å². The molecule has 2 aromatic carbocycles. The lowest BCUT2D eigenvalue weighted by molar-refractivity contribution is -0.154. The highest BCUT2D eigenvalue weighted by atomic mass is 16.5. The third-order valence-corrected chi connectivity index (χ3v) is 6.79. The summed E-state index contributed by atoms with van der Waals surface area (Å²) in [4.78, 5) is 38.9. The van der Waals surface area contributed by atoms with Crippen LogP contribution in [0.5, 0.6) is 0 Å².